The van der Waals surface area contributed by atoms with Crippen LogP contribution in [-0.4, -0.2) is 13.0 Å². The van der Waals surface area contributed by atoms with Gasteiger partial charge in [-0.15, -0.1) is 12.6 Å². The summed E-state index contributed by atoms with van der Waals surface area (Å²) in [6.45, 7) is 7.20. The lowest BCUT2D eigenvalue weighted by atomic mass is 10.2. The van der Waals surface area contributed by atoms with Gasteiger partial charge in [0.25, 0.3) is 10.1 Å². The second-order valence-corrected chi connectivity index (χ2v) is 6.59. The summed E-state index contributed by atoms with van der Waals surface area (Å²) in [5, 5.41) is 0. The summed E-state index contributed by atoms with van der Waals surface area (Å²) in [7, 11) is -4.21. The highest BCUT2D eigenvalue weighted by molar-refractivity contribution is 8.03. The molecule has 0 radical (unpaired) electrons. The maximum absolute atomic E-state index is 11.1. The molecule has 0 saturated carbocycles. The summed E-state index contributed by atoms with van der Waals surface area (Å²) in [6, 6.07) is 3.07. The monoisotopic (exact) mass is 276 g/mol. The van der Waals surface area contributed by atoms with Gasteiger partial charge in [0.1, 0.15) is 0 Å². The van der Waals surface area contributed by atoms with Gasteiger partial charge in [-0.25, -0.2) is 0 Å². The Bertz CT molecular complexity index is 532. The first-order valence-corrected chi connectivity index (χ1v) is 7.06. The predicted octanol–water partition coefficient (Wildman–Crippen LogP) is 3.16. The first-order valence-electron chi connectivity index (χ1n) is 4.36. The normalized spacial score (nSPS) is 11.5. The van der Waals surface area contributed by atoms with Crippen molar-refractivity contribution >= 4 is 34.5 Å². The van der Waals surface area contributed by atoms with E-state index in [-0.39, 0.29) is 4.90 Å². The van der Waals surface area contributed by atoms with Gasteiger partial charge in [-0.05, 0) is 36.4 Å². The third-order valence-corrected chi connectivity index (χ3v) is 4.09. The molecule has 0 aromatic heterocycles. The molecule has 3 nitrogen and oxygen atoms in total. The Balaban J connectivity index is 3.44. The Kier molecular flexibility index (Phi) is 4.12. The summed E-state index contributed by atoms with van der Waals surface area (Å²) in [4.78, 5) is 1.95. The lowest BCUT2D eigenvalue weighted by Crippen LogP contribution is -2.02. The first kappa shape index (κ1) is 13.6. The van der Waals surface area contributed by atoms with Crippen LogP contribution in [0.4, 0.5) is 0 Å². The molecule has 0 amide bonds. The maximum atomic E-state index is 11.1. The molecule has 1 aromatic rings. The zero-order valence-electron chi connectivity index (χ0n) is 8.89. The van der Waals surface area contributed by atoms with E-state index in [1.165, 1.54) is 17.8 Å². The van der Waals surface area contributed by atoms with E-state index >= 15 is 0 Å². The minimum atomic E-state index is -4.21. The van der Waals surface area contributed by atoms with E-state index in [4.69, 9.17) is 4.55 Å². The number of hydrogen-bond acceptors (Lipinski definition) is 4. The molecule has 0 aliphatic heterocycles. The zero-order valence-corrected chi connectivity index (χ0v) is 11.4. The van der Waals surface area contributed by atoms with Crippen LogP contribution in [0.3, 0.4) is 0 Å². The molecular weight excluding hydrogens is 264 g/mol. The van der Waals surface area contributed by atoms with E-state index in [1.807, 2.05) is 6.92 Å². The molecule has 0 saturated heterocycles. The van der Waals surface area contributed by atoms with E-state index in [9.17, 15) is 8.42 Å². The van der Waals surface area contributed by atoms with Crippen LogP contribution >= 0.6 is 24.4 Å². The van der Waals surface area contributed by atoms with Gasteiger partial charge < -0.3 is 0 Å². The highest BCUT2D eigenvalue weighted by atomic mass is 32.2. The molecule has 6 heteroatoms. The van der Waals surface area contributed by atoms with E-state index in [0.29, 0.717) is 10.5 Å². The van der Waals surface area contributed by atoms with Gasteiger partial charge >= 0.3 is 0 Å². The van der Waals surface area contributed by atoms with Crippen LogP contribution in [-0.2, 0) is 10.1 Å². The molecule has 0 aliphatic carbocycles. The van der Waals surface area contributed by atoms with E-state index in [1.54, 1.807) is 13.0 Å². The van der Waals surface area contributed by atoms with Crippen molar-refractivity contribution in [2.75, 3.05) is 0 Å². The van der Waals surface area contributed by atoms with E-state index in [2.05, 4.69) is 19.2 Å². The van der Waals surface area contributed by atoms with Crippen molar-refractivity contribution in [3.05, 3.63) is 29.2 Å². The molecule has 0 spiro atoms. The molecule has 1 aromatic carbocycles. The molecule has 1 rings (SSSR count). The highest BCUT2D eigenvalue weighted by Crippen LogP contribution is 2.33. The molecule has 0 bridgehead atoms. The second kappa shape index (κ2) is 4.83. The molecular formula is C10H12O3S3. The van der Waals surface area contributed by atoms with Crippen LogP contribution in [0.15, 0.2) is 38.3 Å². The van der Waals surface area contributed by atoms with Crippen molar-refractivity contribution in [1.29, 1.82) is 0 Å². The van der Waals surface area contributed by atoms with Crippen molar-refractivity contribution in [2.24, 2.45) is 0 Å². The third-order valence-electron chi connectivity index (χ3n) is 1.86. The Labute approximate surface area is 105 Å². The highest BCUT2D eigenvalue weighted by Gasteiger charge is 2.16. The average Bonchev–Trinajstić information content (AvgIpc) is 2.07. The van der Waals surface area contributed by atoms with Gasteiger partial charge in [0.15, 0.2) is 0 Å². The van der Waals surface area contributed by atoms with Gasteiger partial charge in [-0.3, -0.25) is 4.55 Å². The van der Waals surface area contributed by atoms with Crippen molar-refractivity contribution in [2.45, 2.75) is 28.5 Å². The molecule has 1 N–H and O–H groups in total. The molecule has 0 atom stereocenters. The lowest BCUT2D eigenvalue weighted by Gasteiger charge is -2.10. The Hall–Kier alpha value is -0.430. The Morgan fingerprint density at radius 1 is 1.50 bits per heavy atom. The minimum absolute atomic E-state index is 0.108. The van der Waals surface area contributed by atoms with Crippen molar-refractivity contribution in [1.82, 2.24) is 0 Å². The van der Waals surface area contributed by atoms with Crippen molar-refractivity contribution in [3.8, 4) is 0 Å². The third kappa shape index (κ3) is 3.28. The number of rotatable bonds is 3. The lowest BCUT2D eigenvalue weighted by molar-refractivity contribution is 0.482. The van der Waals surface area contributed by atoms with Gasteiger partial charge in [0, 0.05) is 9.79 Å². The molecule has 16 heavy (non-hydrogen) atoms. The van der Waals surface area contributed by atoms with Crippen LogP contribution in [0.5, 0.6) is 0 Å². The predicted molar refractivity (Wildman–Crippen MR) is 68.9 cm³/mol. The van der Waals surface area contributed by atoms with Crippen LogP contribution in [0.25, 0.3) is 0 Å². The van der Waals surface area contributed by atoms with Crippen molar-refractivity contribution in [3.63, 3.8) is 0 Å². The molecule has 0 unspecified atom stereocenters. The topological polar surface area (TPSA) is 54.4 Å². The largest absolute Gasteiger partial charge is 0.294 e. The number of thioether (sulfide) groups is 1. The fourth-order valence-electron chi connectivity index (χ4n) is 1.21. The summed E-state index contributed by atoms with van der Waals surface area (Å²) < 4.78 is 31.3. The quantitative estimate of drug-likeness (QED) is 0.506. The molecule has 0 heterocycles. The molecule has 0 fully saturated rings. The van der Waals surface area contributed by atoms with Gasteiger partial charge in [0.05, 0.1) is 4.90 Å². The standard InChI is InChI=1S/C10H12O3S3/c1-6(2)15-9-4-8(14)5-10(7(9)3)16(11,12)13/h4-5,14H,1H2,2-3H3,(H,11,12,13). The van der Waals surface area contributed by atoms with E-state index < -0.39 is 10.1 Å². The van der Waals surface area contributed by atoms with Crippen LogP contribution in [0.2, 0.25) is 0 Å². The van der Waals surface area contributed by atoms with Gasteiger partial charge in [-0.1, -0.05) is 18.3 Å². The van der Waals surface area contributed by atoms with Gasteiger partial charge in [0.2, 0.25) is 0 Å². The summed E-state index contributed by atoms with van der Waals surface area (Å²) in [6.07, 6.45) is 0. The number of hydrogen-bond donors (Lipinski definition) is 2. The van der Waals surface area contributed by atoms with Crippen LogP contribution in [0.1, 0.15) is 12.5 Å². The van der Waals surface area contributed by atoms with Crippen LogP contribution < -0.4 is 0 Å². The zero-order chi connectivity index (χ0) is 12.5. The Morgan fingerprint density at radius 2 is 2.06 bits per heavy atom. The number of benzene rings is 1. The smallest absolute Gasteiger partial charge is 0.282 e. The van der Waals surface area contributed by atoms with Crippen LogP contribution in [0, 0.1) is 6.92 Å². The van der Waals surface area contributed by atoms with E-state index in [0.717, 1.165) is 9.80 Å². The Morgan fingerprint density at radius 3 is 2.50 bits per heavy atom. The second-order valence-electron chi connectivity index (χ2n) is 3.35. The average molecular weight is 276 g/mol. The summed E-state index contributed by atoms with van der Waals surface area (Å²) >= 11 is 5.46. The minimum Gasteiger partial charge on any atom is -0.282 e. The summed E-state index contributed by atoms with van der Waals surface area (Å²) in [5.41, 5.74) is 0.508. The maximum Gasteiger partial charge on any atom is 0.294 e. The number of thiol groups is 1. The SMILES string of the molecule is C=C(C)Sc1cc(S)cc(S(=O)(=O)O)c1C. The molecule has 88 valence electrons. The molecule has 0 aliphatic rings. The van der Waals surface area contributed by atoms with Crippen molar-refractivity contribution < 1.29 is 13.0 Å². The fourth-order valence-corrected chi connectivity index (χ4v) is 3.30. The summed E-state index contributed by atoms with van der Waals surface area (Å²) in [5.74, 6) is 0. The number of allylic oxidation sites excluding steroid dienone is 1. The fraction of sp³-hybridized carbons (Fsp3) is 0.200. The first-order chi connectivity index (χ1) is 7.21. The van der Waals surface area contributed by atoms with Gasteiger partial charge in [-0.2, -0.15) is 8.42 Å².